The molecule has 0 saturated carbocycles. The second-order valence-corrected chi connectivity index (χ2v) is 6.94. The number of nitrogens with zero attached hydrogens (tertiary/aromatic N) is 3. The lowest BCUT2D eigenvalue weighted by Crippen LogP contribution is -2.52. The Morgan fingerprint density at radius 1 is 1.38 bits per heavy atom. The average molecular weight is 369 g/mol. The van der Waals surface area contributed by atoms with Gasteiger partial charge in [0.25, 0.3) is 0 Å². The zero-order chi connectivity index (χ0) is 17.1. The zero-order valence-corrected chi connectivity index (χ0v) is 14.8. The Balaban J connectivity index is 1.56. The molecular formula is C16H18ClFN4OS. The quantitative estimate of drug-likeness (QED) is 0.901. The molecule has 0 radical (unpaired) electrons. The number of benzene rings is 1. The number of halogens is 2. The SMILES string of the molecule is CC(C(=O)Nc1ccc(Cl)cc1F)N1CCN(c2nccs2)CC1. The number of anilines is 2. The summed E-state index contributed by atoms with van der Waals surface area (Å²) in [5.41, 5.74) is 0.151. The van der Waals surface area contributed by atoms with Crippen molar-refractivity contribution < 1.29 is 9.18 Å². The van der Waals surface area contributed by atoms with E-state index in [9.17, 15) is 9.18 Å². The van der Waals surface area contributed by atoms with Gasteiger partial charge >= 0.3 is 0 Å². The van der Waals surface area contributed by atoms with Crippen molar-refractivity contribution in [3.63, 3.8) is 0 Å². The number of nitrogens with one attached hydrogen (secondary N) is 1. The molecule has 24 heavy (non-hydrogen) atoms. The molecule has 1 aromatic heterocycles. The van der Waals surface area contributed by atoms with Crippen LogP contribution in [0.1, 0.15) is 6.92 Å². The smallest absolute Gasteiger partial charge is 0.241 e. The van der Waals surface area contributed by atoms with Gasteiger partial charge in [0.1, 0.15) is 5.82 Å². The van der Waals surface area contributed by atoms with Crippen LogP contribution >= 0.6 is 22.9 Å². The lowest BCUT2D eigenvalue weighted by molar-refractivity contribution is -0.120. The maximum absolute atomic E-state index is 13.8. The predicted molar refractivity (Wildman–Crippen MR) is 95.4 cm³/mol. The van der Waals surface area contributed by atoms with Crippen LogP contribution in [0.5, 0.6) is 0 Å². The van der Waals surface area contributed by atoms with Gasteiger partial charge in [-0.3, -0.25) is 9.69 Å². The molecule has 1 amide bonds. The van der Waals surface area contributed by atoms with E-state index in [1.165, 1.54) is 12.1 Å². The van der Waals surface area contributed by atoms with Crippen LogP contribution in [0.3, 0.4) is 0 Å². The number of hydrogen-bond acceptors (Lipinski definition) is 5. The summed E-state index contributed by atoms with van der Waals surface area (Å²) in [5.74, 6) is -0.754. The molecule has 1 unspecified atom stereocenters. The maximum atomic E-state index is 13.8. The molecule has 1 saturated heterocycles. The standard InChI is InChI=1S/C16H18ClFN4OS/c1-11(15(23)20-14-3-2-12(17)10-13(14)18)21-5-7-22(8-6-21)16-19-4-9-24-16/h2-4,9-11H,5-8H2,1H3,(H,20,23). The van der Waals surface area contributed by atoms with E-state index >= 15 is 0 Å². The molecule has 5 nitrogen and oxygen atoms in total. The summed E-state index contributed by atoms with van der Waals surface area (Å²) >= 11 is 7.34. The van der Waals surface area contributed by atoms with Crippen molar-refractivity contribution in [3.8, 4) is 0 Å². The van der Waals surface area contributed by atoms with Crippen molar-refractivity contribution in [3.05, 3.63) is 40.6 Å². The van der Waals surface area contributed by atoms with Gasteiger partial charge in [-0.1, -0.05) is 11.6 Å². The van der Waals surface area contributed by atoms with Crippen molar-refractivity contribution in [1.82, 2.24) is 9.88 Å². The largest absolute Gasteiger partial charge is 0.346 e. The fourth-order valence-corrected chi connectivity index (χ4v) is 3.52. The van der Waals surface area contributed by atoms with Crippen molar-refractivity contribution in [2.24, 2.45) is 0 Å². The van der Waals surface area contributed by atoms with Gasteiger partial charge in [0.2, 0.25) is 5.91 Å². The minimum absolute atomic E-state index is 0.151. The highest BCUT2D eigenvalue weighted by atomic mass is 35.5. The third-order valence-corrected chi connectivity index (χ3v) is 5.19. The van der Waals surface area contributed by atoms with Crippen LogP contribution < -0.4 is 10.2 Å². The van der Waals surface area contributed by atoms with Crippen LogP contribution in [0.15, 0.2) is 29.8 Å². The summed E-state index contributed by atoms with van der Waals surface area (Å²) in [7, 11) is 0. The molecule has 1 aliphatic heterocycles. The summed E-state index contributed by atoms with van der Waals surface area (Å²) in [6.45, 7) is 5.00. The highest BCUT2D eigenvalue weighted by Crippen LogP contribution is 2.21. The first-order valence-corrected chi connectivity index (χ1v) is 8.95. The Labute approximate surface area is 149 Å². The number of aromatic nitrogens is 1. The molecule has 128 valence electrons. The van der Waals surface area contributed by atoms with E-state index in [0.717, 1.165) is 31.3 Å². The number of rotatable bonds is 4. The minimum atomic E-state index is -0.531. The summed E-state index contributed by atoms with van der Waals surface area (Å²) in [6, 6.07) is 3.88. The molecule has 1 atom stereocenters. The fraction of sp³-hybridized carbons (Fsp3) is 0.375. The van der Waals surface area contributed by atoms with Gasteiger partial charge in [-0.25, -0.2) is 9.37 Å². The summed E-state index contributed by atoms with van der Waals surface area (Å²) in [5, 5.41) is 5.90. The van der Waals surface area contributed by atoms with E-state index in [1.54, 1.807) is 23.6 Å². The molecule has 1 N–H and O–H groups in total. The predicted octanol–water partition coefficient (Wildman–Crippen LogP) is 3.08. The number of piperazine rings is 1. The minimum Gasteiger partial charge on any atom is -0.346 e. The summed E-state index contributed by atoms with van der Waals surface area (Å²) < 4.78 is 13.8. The normalized spacial score (nSPS) is 16.9. The maximum Gasteiger partial charge on any atom is 0.241 e. The molecule has 1 fully saturated rings. The summed E-state index contributed by atoms with van der Waals surface area (Å²) in [6.07, 6.45) is 1.79. The van der Waals surface area contributed by atoms with E-state index in [0.29, 0.717) is 5.02 Å². The first-order chi connectivity index (χ1) is 11.5. The fourth-order valence-electron chi connectivity index (χ4n) is 2.67. The Bertz CT molecular complexity index is 704. The van der Waals surface area contributed by atoms with E-state index in [2.05, 4.69) is 20.1 Å². The topological polar surface area (TPSA) is 48.5 Å². The molecule has 0 bridgehead atoms. The lowest BCUT2D eigenvalue weighted by Gasteiger charge is -2.37. The molecule has 3 rings (SSSR count). The van der Waals surface area contributed by atoms with Crippen LogP contribution in [-0.2, 0) is 4.79 Å². The molecule has 1 aromatic carbocycles. The number of amides is 1. The van der Waals surface area contributed by atoms with Crippen molar-refractivity contribution in [1.29, 1.82) is 0 Å². The van der Waals surface area contributed by atoms with Crippen LogP contribution in [-0.4, -0.2) is 48.0 Å². The molecular weight excluding hydrogens is 351 g/mol. The Hall–Kier alpha value is -1.70. The van der Waals surface area contributed by atoms with Crippen LogP contribution in [0, 0.1) is 5.82 Å². The number of hydrogen-bond donors (Lipinski definition) is 1. The van der Waals surface area contributed by atoms with Crippen LogP contribution in [0.25, 0.3) is 0 Å². The van der Waals surface area contributed by atoms with Gasteiger partial charge in [0.15, 0.2) is 5.13 Å². The molecule has 1 aliphatic rings. The van der Waals surface area contributed by atoms with E-state index in [1.807, 2.05) is 12.3 Å². The van der Waals surface area contributed by atoms with Gasteiger partial charge in [0, 0.05) is 42.8 Å². The van der Waals surface area contributed by atoms with E-state index in [-0.39, 0.29) is 17.6 Å². The van der Waals surface area contributed by atoms with Crippen molar-refractivity contribution >= 4 is 39.7 Å². The zero-order valence-electron chi connectivity index (χ0n) is 13.2. The summed E-state index contributed by atoms with van der Waals surface area (Å²) in [4.78, 5) is 21.0. The third-order valence-electron chi connectivity index (χ3n) is 4.12. The monoisotopic (exact) mass is 368 g/mol. The van der Waals surface area contributed by atoms with Gasteiger partial charge in [0.05, 0.1) is 11.7 Å². The first kappa shape index (κ1) is 17.1. The highest BCUT2D eigenvalue weighted by Gasteiger charge is 2.26. The second kappa shape index (κ2) is 7.46. The average Bonchev–Trinajstić information content (AvgIpc) is 3.11. The molecule has 2 aromatic rings. The lowest BCUT2D eigenvalue weighted by atomic mass is 10.2. The van der Waals surface area contributed by atoms with Crippen LogP contribution in [0.2, 0.25) is 5.02 Å². The number of carbonyl (C=O) groups is 1. The number of thiazole rings is 1. The molecule has 2 heterocycles. The van der Waals surface area contributed by atoms with Crippen molar-refractivity contribution in [2.75, 3.05) is 36.4 Å². The Kier molecular flexibility index (Phi) is 5.33. The van der Waals surface area contributed by atoms with E-state index in [4.69, 9.17) is 11.6 Å². The Morgan fingerprint density at radius 2 is 2.12 bits per heavy atom. The van der Waals surface area contributed by atoms with Gasteiger partial charge in [-0.05, 0) is 25.1 Å². The van der Waals surface area contributed by atoms with Crippen LogP contribution in [0.4, 0.5) is 15.2 Å². The highest BCUT2D eigenvalue weighted by molar-refractivity contribution is 7.13. The van der Waals surface area contributed by atoms with Gasteiger partial charge in [-0.15, -0.1) is 11.3 Å². The second-order valence-electron chi connectivity index (χ2n) is 5.63. The molecule has 0 spiro atoms. The Morgan fingerprint density at radius 3 is 2.75 bits per heavy atom. The van der Waals surface area contributed by atoms with E-state index < -0.39 is 5.82 Å². The third kappa shape index (κ3) is 3.85. The molecule has 8 heteroatoms. The number of carbonyl (C=O) groups excluding carboxylic acids is 1. The van der Waals surface area contributed by atoms with Crippen molar-refractivity contribution in [2.45, 2.75) is 13.0 Å². The first-order valence-electron chi connectivity index (χ1n) is 7.69. The molecule has 0 aliphatic carbocycles. The van der Waals surface area contributed by atoms with Gasteiger partial charge in [-0.2, -0.15) is 0 Å². The van der Waals surface area contributed by atoms with Gasteiger partial charge < -0.3 is 10.2 Å².